The van der Waals surface area contributed by atoms with Gasteiger partial charge in [-0.15, -0.1) is 0 Å². The molecule has 0 saturated heterocycles. The van der Waals surface area contributed by atoms with E-state index in [-0.39, 0.29) is 11.1 Å². The molecule has 0 amide bonds. The first-order chi connectivity index (χ1) is 9.03. The zero-order valence-corrected chi connectivity index (χ0v) is 11.9. The summed E-state index contributed by atoms with van der Waals surface area (Å²) >= 11 is 0. The van der Waals surface area contributed by atoms with E-state index in [1.165, 1.54) is 18.9 Å². The third-order valence-corrected chi connectivity index (χ3v) is 5.13. The lowest BCUT2D eigenvalue weighted by molar-refractivity contribution is 0.268. The molecule has 106 valence electrons. The number of nitrogens with one attached hydrogen (secondary N) is 2. The number of hydrogen-bond donors (Lipinski definition) is 2. The van der Waals surface area contributed by atoms with E-state index in [0.29, 0.717) is 24.3 Å². The molecule has 1 aromatic heterocycles. The zero-order valence-electron chi connectivity index (χ0n) is 11.1. The second-order valence-corrected chi connectivity index (χ2v) is 7.42. The van der Waals surface area contributed by atoms with Crippen molar-refractivity contribution in [2.45, 2.75) is 56.3 Å². The van der Waals surface area contributed by atoms with Crippen LogP contribution in [-0.2, 0) is 16.6 Å². The molecular weight excluding hydrogens is 264 g/mol. The fourth-order valence-electron chi connectivity index (χ4n) is 2.41. The highest BCUT2D eigenvalue weighted by molar-refractivity contribution is 7.89. The van der Waals surface area contributed by atoms with Crippen molar-refractivity contribution in [2.75, 3.05) is 0 Å². The molecule has 0 bridgehead atoms. The minimum Gasteiger partial charge on any atom is -0.447 e. The van der Waals surface area contributed by atoms with Crippen LogP contribution in [0.5, 0.6) is 0 Å². The highest BCUT2D eigenvalue weighted by Gasteiger charge is 2.31. The lowest BCUT2D eigenvalue weighted by Gasteiger charge is -2.32. The molecule has 2 saturated carbocycles. The van der Waals surface area contributed by atoms with E-state index in [1.807, 2.05) is 0 Å². The van der Waals surface area contributed by atoms with Gasteiger partial charge in [-0.2, -0.15) is 0 Å². The van der Waals surface area contributed by atoms with Crippen LogP contribution in [0.25, 0.3) is 0 Å². The Morgan fingerprint density at radius 2 is 2.00 bits per heavy atom. The fraction of sp³-hybridized carbons (Fsp3) is 0.692. The van der Waals surface area contributed by atoms with Gasteiger partial charge in [0.2, 0.25) is 5.09 Å². The SMILES string of the molecule is CC1CC(NS(=O)(=O)c2ccc(CNC3CC3)o2)C1. The third kappa shape index (κ3) is 3.19. The summed E-state index contributed by atoms with van der Waals surface area (Å²) in [6.07, 6.45) is 4.23. The zero-order chi connectivity index (χ0) is 13.5. The lowest BCUT2D eigenvalue weighted by Crippen LogP contribution is -2.43. The Hall–Kier alpha value is -0.850. The summed E-state index contributed by atoms with van der Waals surface area (Å²) in [6, 6.07) is 3.92. The van der Waals surface area contributed by atoms with E-state index in [1.54, 1.807) is 6.07 Å². The molecule has 6 heteroatoms. The van der Waals surface area contributed by atoms with Crippen LogP contribution in [0.3, 0.4) is 0 Å². The van der Waals surface area contributed by atoms with Crippen LogP contribution in [-0.4, -0.2) is 20.5 Å². The van der Waals surface area contributed by atoms with Gasteiger partial charge < -0.3 is 9.73 Å². The minimum atomic E-state index is -3.49. The van der Waals surface area contributed by atoms with Gasteiger partial charge in [-0.3, -0.25) is 0 Å². The Bertz CT molecular complexity index is 542. The molecular formula is C13H20N2O3S. The molecule has 2 N–H and O–H groups in total. The van der Waals surface area contributed by atoms with Gasteiger partial charge in [0.15, 0.2) is 0 Å². The smallest absolute Gasteiger partial charge is 0.274 e. The normalized spacial score (nSPS) is 27.2. The van der Waals surface area contributed by atoms with Gasteiger partial charge in [-0.05, 0) is 43.7 Å². The van der Waals surface area contributed by atoms with Gasteiger partial charge in [-0.25, -0.2) is 13.1 Å². The second-order valence-electron chi connectivity index (χ2n) is 5.77. The molecule has 19 heavy (non-hydrogen) atoms. The molecule has 1 heterocycles. The monoisotopic (exact) mass is 284 g/mol. The van der Waals surface area contributed by atoms with Crippen LogP contribution in [0, 0.1) is 5.92 Å². The Labute approximate surface area is 113 Å². The van der Waals surface area contributed by atoms with Crippen LogP contribution >= 0.6 is 0 Å². The van der Waals surface area contributed by atoms with Crippen LogP contribution in [0.15, 0.2) is 21.6 Å². The average molecular weight is 284 g/mol. The maximum Gasteiger partial charge on any atom is 0.274 e. The first-order valence-electron chi connectivity index (χ1n) is 6.87. The van der Waals surface area contributed by atoms with Gasteiger partial charge >= 0.3 is 0 Å². The predicted octanol–water partition coefficient (Wildman–Crippen LogP) is 1.61. The van der Waals surface area contributed by atoms with Crippen LogP contribution in [0.2, 0.25) is 0 Å². The average Bonchev–Trinajstić information content (AvgIpc) is 3.01. The highest BCUT2D eigenvalue weighted by atomic mass is 32.2. The van der Waals surface area contributed by atoms with Crippen molar-refractivity contribution < 1.29 is 12.8 Å². The molecule has 5 nitrogen and oxygen atoms in total. The third-order valence-electron chi connectivity index (χ3n) is 3.74. The van der Waals surface area contributed by atoms with E-state index < -0.39 is 10.0 Å². The van der Waals surface area contributed by atoms with Gasteiger partial charge in [-0.1, -0.05) is 6.92 Å². The van der Waals surface area contributed by atoms with Crippen molar-refractivity contribution in [2.24, 2.45) is 5.92 Å². The van der Waals surface area contributed by atoms with Crippen LogP contribution in [0.1, 0.15) is 38.4 Å². The summed E-state index contributed by atoms with van der Waals surface area (Å²) in [7, 11) is -3.49. The maximum absolute atomic E-state index is 12.1. The summed E-state index contributed by atoms with van der Waals surface area (Å²) < 4.78 is 32.3. The molecule has 0 aliphatic heterocycles. The summed E-state index contributed by atoms with van der Waals surface area (Å²) in [5.41, 5.74) is 0. The summed E-state index contributed by atoms with van der Waals surface area (Å²) in [4.78, 5) is 0. The summed E-state index contributed by atoms with van der Waals surface area (Å²) in [5, 5.41) is 3.33. The van der Waals surface area contributed by atoms with Crippen molar-refractivity contribution in [3.63, 3.8) is 0 Å². The standard InChI is InChI=1S/C13H20N2O3S/c1-9-6-11(7-9)15-19(16,17)13-5-4-12(18-13)8-14-10-2-3-10/h4-5,9-11,14-15H,2-3,6-8H2,1H3. The minimum absolute atomic E-state index is 0.0275. The molecule has 2 aliphatic rings. The lowest BCUT2D eigenvalue weighted by atomic mass is 9.83. The molecule has 2 aliphatic carbocycles. The van der Waals surface area contributed by atoms with E-state index in [0.717, 1.165) is 12.8 Å². The quantitative estimate of drug-likeness (QED) is 0.832. The first kappa shape index (κ1) is 13.1. The Kier molecular flexibility index (Phi) is 3.41. The Morgan fingerprint density at radius 1 is 1.26 bits per heavy atom. The van der Waals surface area contributed by atoms with Crippen molar-refractivity contribution in [3.05, 3.63) is 17.9 Å². The predicted molar refractivity (Wildman–Crippen MR) is 71.1 cm³/mol. The van der Waals surface area contributed by atoms with Gasteiger partial charge in [0.05, 0.1) is 6.54 Å². The van der Waals surface area contributed by atoms with Crippen LogP contribution < -0.4 is 10.0 Å². The Balaban J connectivity index is 1.59. The topological polar surface area (TPSA) is 71.3 Å². The highest BCUT2D eigenvalue weighted by Crippen LogP contribution is 2.28. The number of sulfonamides is 1. The van der Waals surface area contributed by atoms with Gasteiger partial charge in [0.1, 0.15) is 5.76 Å². The number of hydrogen-bond acceptors (Lipinski definition) is 4. The molecule has 0 atom stereocenters. The van der Waals surface area contributed by atoms with Crippen molar-refractivity contribution in [1.82, 2.24) is 10.0 Å². The fourth-order valence-corrected chi connectivity index (χ4v) is 3.62. The van der Waals surface area contributed by atoms with E-state index >= 15 is 0 Å². The maximum atomic E-state index is 12.1. The van der Waals surface area contributed by atoms with E-state index in [2.05, 4.69) is 17.0 Å². The molecule has 3 rings (SSSR count). The van der Waals surface area contributed by atoms with Crippen molar-refractivity contribution in [1.29, 1.82) is 0 Å². The summed E-state index contributed by atoms with van der Waals surface area (Å²) in [5.74, 6) is 1.29. The van der Waals surface area contributed by atoms with Gasteiger partial charge in [0.25, 0.3) is 10.0 Å². The van der Waals surface area contributed by atoms with E-state index in [4.69, 9.17) is 4.42 Å². The van der Waals surface area contributed by atoms with Crippen LogP contribution in [0.4, 0.5) is 0 Å². The van der Waals surface area contributed by atoms with Gasteiger partial charge in [0, 0.05) is 12.1 Å². The molecule has 0 unspecified atom stereocenters. The Morgan fingerprint density at radius 3 is 2.63 bits per heavy atom. The summed E-state index contributed by atoms with van der Waals surface area (Å²) in [6.45, 7) is 2.72. The first-order valence-corrected chi connectivity index (χ1v) is 8.35. The molecule has 0 radical (unpaired) electrons. The van der Waals surface area contributed by atoms with Crippen molar-refractivity contribution in [3.8, 4) is 0 Å². The second kappa shape index (κ2) is 4.92. The number of furan rings is 1. The largest absolute Gasteiger partial charge is 0.447 e. The van der Waals surface area contributed by atoms with E-state index in [9.17, 15) is 8.42 Å². The van der Waals surface area contributed by atoms with Crippen molar-refractivity contribution >= 4 is 10.0 Å². The molecule has 2 fully saturated rings. The molecule has 1 aromatic rings. The molecule has 0 aromatic carbocycles. The molecule has 0 spiro atoms. The number of rotatable bonds is 6.